The summed E-state index contributed by atoms with van der Waals surface area (Å²) in [4.78, 5) is 0. The Bertz CT molecular complexity index is 311. The first-order valence-electron chi connectivity index (χ1n) is 6.60. The average Bonchev–Trinajstić information content (AvgIpc) is 2.42. The normalized spacial score (nSPS) is 14.4. The summed E-state index contributed by atoms with van der Waals surface area (Å²) in [6.45, 7) is 7.23. The molecule has 0 fully saturated rings. The van der Waals surface area contributed by atoms with Gasteiger partial charge >= 0.3 is 0 Å². The predicted octanol–water partition coefficient (Wildman–Crippen LogP) is 0.560. The van der Waals surface area contributed by atoms with E-state index in [1.807, 2.05) is 0 Å². The first kappa shape index (κ1) is 15.1. The van der Waals surface area contributed by atoms with Gasteiger partial charge < -0.3 is 22.1 Å². The highest BCUT2D eigenvalue weighted by atomic mass is 14.9. The second-order valence-corrected chi connectivity index (χ2v) is 4.86. The molecule has 0 heterocycles. The molecule has 0 spiro atoms. The van der Waals surface area contributed by atoms with Gasteiger partial charge in [0.2, 0.25) is 0 Å². The molecule has 102 valence electrons. The van der Waals surface area contributed by atoms with Crippen molar-refractivity contribution in [2.24, 2.45) is 11.5 Å². The summed E-state index contributed by atoms with van der Waals surface area (Å²) in [6, 6.07) is 9.27. The van der Waals surface area contributed by atoms with E-state index in [4.69, 9.17) is 11.5 Å². The Balaban J connectivity index is 2.46. The van der Waals surface area contributed by atoms with Crippen molar-refractivity contribution in [1.29, 1.82) is 0 Å². The Kier molecular flexibility index (Phi) is 6.90. The van der Waals surface area contributed by atoms with E-state index in [1.165, 1.54) is 11.1 Å². The molecule has 0 radical (unpaired) electrons. The monoisotopic (exact) mass is 250 g/mol. The van der Waals surface area contributed by atoms with Gasteiger partial charge in [0, 0.05) is 38.3 Å². The smallest absolute Gasteiger partial charge is 0.0208 e. The van der Waals surface area contributed by atoms with Gasteiger partial charge in [-0.25, -0.2) is 0 Å². The van der Waals surface area contributed by atoms with Crippen LogP contribution in [0.5, 0.6) is 0 Å². The quantitative estimate of drug-likeness (QED) is 0.544. The molecule has 18 heavy (non-hydrogen) atoms. The lowest BCUT2D eigenvalue weighted by Gasteiger charge is -2.13. The Hall–Kier alpha value is -0.940. The highest BCUT2D eigenvalue weighted by Crippen LogP contribution is 2.05. The molecule has 1 aromatic rings. The summed E-state index contributed by atoms with van der Waals surface area (Å²) in [5, 5.41) is 6.77. The summed E-state index contributed by atoms with van der Waals surface area (Å²) in [7, 11) is 0. The van der Waals surface area contributed by atoms with Crippen molar-refractivity contribution in [1.82, 2.24) is 10.6 Å². The molecule has 1 aromatic carbocycles. The molecule has 0 saturated heterocycles. The lowest BCUT2D eigenvalue weighted by Crippen LogP contribution is -2.33. The van der Waals surface area contributed by atoms with Crippen molar-refractivity contribution in [2.75, 3.05) is 13.1 Å². The summed E-state index contributed by atoms with van der Waals surface area (Å²) in [5.41, 5.74) is 13.7. The highest BCUT2D eigenvalue weighted by molar-refractivity contribution is 5.23. The van der Waals surface area contributed by atoms with Crippen LogP contribution in [-0.2, 0) is 13.1 Å². The Morgan fingerprint density at radius 3 is 1.78 bits per heavy atom. The molecule has 0 saturated carbocycles. The Morgan fingerprint density at radius 2 is 1.39 bits per heavy atom. The van der Waals surface area contributed by atoms with Crippen LogP contribution in [0.15, 0.2) is 24.3 Å². The van der Waals surface area contributed by atoms with Crippen LogP contribution >= 0.6 is 0 Å². The predicted molar refractivity (Wildman–Crippen MR) is 77.2 cm³/mol. The van der Waals surface area contributed by atoms with Crippen molar-refractivity contribution >= 4 is 0 Å². The lowest BCUT2D eigenvalue weighted by molar-refractivity contribution is 0.550. The minimum absolute atomic E-state index is 0.351. The zero-order valence-electron chi connectivity index (χ0n) is 11.4. The highest BCUT2D eigenvalue weighted by Gasteiger charge is 2.01. The second-order valence-electron chi connectivity index (χ2n) is 4.86. The molecule has 0 bridgehead atoms. The van der Waals surface area contributed by atoms with E-state index >= 15 is 0 Å². The third-order valence-corrected chi connectivity index (χ3v) is 3.01. The van der Waals surface area contributed by atoms with Gasteiger partial charge in [-0.05, 0) is 25.0 Å². The molecule has 0 aromatic heterocycles. The minimum atomic E-state index is 0.351. The van der Waals surface area contributed by atoms with Crippen LogP contribution < -0.4 is 22.1 Å². The van der Waals surface area contributed by atoms with Gasteiger partial charge in [0.1, 0.15) is 0 Å². The Morgan fingerprint density at radius 1 is 0.944 bits per heavy atom. The van der Waals surface area contributed by atoms with Crippen molar-refractivity contribution < 1.29 is 0 Å². The standard InChI is InChI=1S/C14H26N4/c1-11(7-15)17-9-13-4-3-5-14(6-13)10-18-12(2)8-16/h3-6,11-12,17-18H,7-10,15-16H2,1-2H3. The van der Waals surface area contributed by atoms with Gasteiger partial charge in [-0.3, -0.25) is 0 Å². The number of hydrogen-bond acceptors (Lipinski definition) is 4. The number of hydrogen-bond donors (Lipinski definition) is 4. The third kappa shape index (κ3) is 5.60. The maximum absolute atomic E-state index is 5.58. The second kappa shape index (κ2) is 8.21. The summed E-state index contributed by atoms with van der Waals surface area (Å²) >= 11 is 0. The van der Waals surface area contributed by atoms with Crippen LogP contribution in [0.3, 0.4) is 0 Å². The van der Waals surface area contributed by atoms with Crippen LogP contribution in [0.25, 0.3) is 0 Å². The summed E-state index contributed by atoms with van der Waals surface area (Å²) in [6.07, 6.45) is 0. The fourth-order valence-corrected chi connectivity index (χ4v) is 1.60. The molecule has 0 aliphatic carbocycles. The van der Waals surface area contributed by atoms with Crippen molar-refractivity contribution in [3.05, 3.63) is 35.4 Å². The van der Waals surface area contributed by atoms with Gasteiger partial charge in [0.05, 0.1) is 0 Å². The fourth-order valence-electron chi connectivity index (χ4n) is 1.60. The van der Waals surface area contributed by atoms with Gasteiger partial charge in [0.15, 0.2) is 0 Å². The molecule has 0 amide bonds. The molecule has 2 atom stereocenters. The van der Waals surface area contributed by atoms with Crippen molar-refractivity contribution in [3.63, 3.8) is 0 Å². The topological polar surface area (TPSA) is 76.1 Å². The zero-order valence-corrected chi connectivity index (χ0v) is 11.4. The van der Waals surface area contributed by atoms with E-state index in [9.17, 15) is 0 Å². The molecule has 2 unspecified atom stereocenters. The van der Waals surface area contributed by atoms with E-state index in [2.05, 4.69) is 48.7 Å². The molecule has 4 heteroatoms. The average molecular weight is 250 g/mol. The van der Waals surface area contributed by atoms with Crippen LogP contribution in [-0.4, -0.2) is 25.2 Å². The van der Waals surface area contributed by atoms with E-state index in [0.29, 0.717) is 25.2 Å². The SMILES string of the molecule is CC(CN)NCc1cccc(CNC(C)CN)c1. The maximum Gasteiger partial charge on any atom is 0.0208 e. The van der Waals surface area contributed by atoms with Crippen molar-refractivity contribution in [3.8, 4) is 0 Å². The largest absolute Gasteiger partial charge is 0.329 e. The maximum atomic E-state index is 5.58. The molecule has 6 N–H and O–H groups in total. The zero-order chi connectivity index (χ0) is 13.4. The van der Waals surface area contributed by atoms with Crippen LogP contribution in [0.4, 0.5) is 0 Å². The van der Waals surface area contributed by atoms with Gasteiger partial charge in [-0.1, -0.05) is 24.3 Å². The van der Waals surface area contributed by atoms with Crippen LogP contribution in [0, 0.1) is 0 Å². The van der Waals surface area contributed by atoms with Crippen molar-refractivity contribution in [2.45, 2.75) is 39.0 Å². The summed E-state index contributed by atoms with van der Waals surface area (Å²) in [5.74, 6) is 0. The number of nitrogens with one attached hydrogen (secondary N) is 2. The van der Waals surface area contributed by atoms with Gasteiger partial charge in [0.25, 0.3) is 0 Å². The third-order valence-electron chi connectivity index (χ3n) is 3.01. The van der Waals surface area contributed by atoms with Crippen LogP contribution in [0.1, 0.15) is 25.0 Å². The summed E-state index contributed by atoms with van der Waals surface area (Å²) < 4.78 is 0. The first-order chi connectivity index (χ1) is 8.65. The van der Waals surface area contributed by atoms with Crippen LogP contribution in [0.2, 0.25) is 0 Å². The molecular weight excluding hydrogens is 224 g/mol. The van der Waals surface area contributed by atoms with E-state index in [-0.39, 0.29) is 0 Å². The fraction of sp³-hybridized carbons (Fsp3) is 0.571. The minimum Gasteiger partial charge on any atom is -0.329 e. The first-order valence-corrected chi connectivity index (χ1v) is 6.60. The number of benzene rings is 1. The molecule has 1 rings (SSSR count). The van der Waals surface area contributed by atoms with Gasteiger partial charge in [-0.2, -0.15) is 0 Å². The molecule has 0 aliphatic rings. The number of rotatable bonds is 8. The Labute approximate surface area is 110 Å². The lowest BCUT2D eigenvalue weighted by atomic mass is 10.1. The number of nitrogens with two attached hydrogens (primary N) is 2. The molecular formula is C14H26N4. The molecule has 4 nitrogen and oxygen atoms in total. The van der Waals surface area contributed by atoms with E-state index < -0.39 is 0 Å². The van der Waals surface area contributed by atoms with E-state index in [0.717, 1.165) is 13.1 Å². The van der Waals surface area contributed by atoms with Gasteiger partial charge in [-0.15, -0.1) is 0 Å². The molecule has 0 aliphatic heterocycles. The van der Waals surface area contributed by atoms with E-state index in [1.54, 1.807) is 0 Å².